The van der Waals surface area contributed by atoms with Crippen LogP contribution in [0.3, 0.4) is 0 Å². The first kappa shape index (κ1) is 14.1. The molecule has 1 N–H and O–H groups in total. The maximum absolute atomic E-state index is 13.6. The summed E-state index contributed by atoms with van der Waals surface area (Å²) in [4.78, 5) is 0. The number of halogens is 1. The molecule has 0 heterocycles. The minimum Gasteiger partial charge on any atom is -0.371 e. The Morgan fingerprint density at radius 2 is 2.00 bits per heavy atom. The van der Waals surface area contributed by atoms with Gasteiger partial charge in [-0.05, 0) is 45.0 Å². The molecule has 0 aliphatic carbocycles. The van der Waals surface area contributed by atoms with Crippen LogP contribution in [0.25, 0.3) is 0 Å². The molecule has 0 atom stereocenters. The predicted octanol–water partition coefficient (Wildman–Crippen LogP) is 3.25. The molecule has 0 aliphatic heterocycles. The van der Waals surface area contributed by atoms with Gasteiger partial charge in [0.15, 0.2) is 0 Å². The molecular formula is C14H22FNO. The van der Waals surface area contributed by atoms with Gasteiger partial charge in [-0.2, -0.15) is 0 Å². The van der Waals surface area contributed by atoms with E-state index in [9.17, 15) is 4.39 Å². The zero-order valence-corrected chi connectivity index (χ0v) is 11.1. The number of rotatable bonds is 5. The molecule has 3 heteroatoms. The first-order valence-corrected chi connectivity index (χ1v) is 6.04. The molecule has 0 amide bonds. The third-order valence-electron chi connectivity index (χ3n) is 2.35. The smallest absolute Gasteiger partial charge is 0.128 e. The molecule has 0 fully saturated rings. The monoisotopic (exact) mass is 239 g/mol. The van der Waals surface area contributed by atoms with Crippen molar-refractivity contribution in [3.63, 3.8) is 0 Å². The van der Waals surface area contributed by atoms with Gasteiger partial charge in [-0.15, -0.1) is 0 Å². The lowest BCUT2D eigenvalue weighted by atomic mass is 10.1. The van der Waals surface area contributed by atoms with E-state index in [2.05, 4.69) is 5.32 Å². The van der Waals surface area contributed by atoms with E-state index >= 15 is 0 Å². The first-order valence-electron chi connectivity index (χ1n) is 6.04. The van der Waals surface area contributed by atoms with Gasteiger partial charge in [0.2, 0.25) is 0 Å². The fourth-order valence-electron chi connectivity index (χ4n) is 1.41. The third kappa shape index (κ3) is 5.29. The van der Waals surface area contributed by atoms with E-state index < -0.39 is 0 Å². The van der Waals surface area contributed by atoms with Crippen molar-refractivity contribution in [2.75, 3.05) is 6.54 Å². The maximum Gasteiger partial charge on any atom is 0.128 e. The van der Waals surface area contributed by atoms with Gasteiger partial charge < -0.3 is 10.1 Å². The number of hydrogen-bond donors (Lipinski definition) is 1. The summed E-state index contributed by atoms with van der Waals surface area (Å²) in [6.45, 7) is 9.93. The van der Waals surface area contributed by atoms with Crippen molar-refractivity contribution in [3.8, 4) is 0 Å². The second-order valence-corrected chi connectivity index (χ2v) is 5.11. The molecule has 0 radical (unpaired) electrons. The zero-order valence-electron chi connectivity index (χ0n) is 11.1. The second kappa shape index (κ2) is 6.12. The standard InChI is InChI=1S/C14H22FNO/c1-5-16-9-11-6-7-13(15)12(8-11)10-17-14(2,3)4/h6-8,16H,5,9-10H2,1-4H3. The third-order valence-corrected chi connectivity index (χ3v) is 2.35. The van der Waals surface area contributed by atoms with Gasteiger partial charge in [-0.25, -0.2) is 4.39 Å². The Bertz CT molecular complexity index is 358. The van der Waals surface area contributed by atoms with E-state index in [1.807, 2.05) is 33.8 Å². The average molecular weight is 239 g/mol. The molecule has 1 aromatic rings. The Balaban J connectivity index is 2.69. The Kier molecular flexibility index (Phi) is 5.09. The summed E-state index contributed by atoms with van der Waals surface area (Å²) in [6, 6.07) is 5.18. The highest BCUT2D eigenvalue weighted by atomic mass is 19.1. The van der Waals surface area contributed by atoms with Crippen molar-refractivity contribution in [1.29, 1.82) is 0 Å². The predicted molar refractivity (Wildman–Crippen MR) is 68.3 cm³/mol. The van der Waals surface area contributed by atoms with Crippen molar-refractivity contribution in [1.82, 2.24) is 5.32 Å². The zero-order chi connectivity index (χ0) is 12.9. The summed E-state index contributed by atoms with van der Waals surface area (Å²) < 4.78 is 19.2. The molecule has 0 bridgehead atoms. The van der Waals surface area contributed by atoms with Crippen molar-refractivity contribution in [2.45, 2.75) is 46.4 Å². The molecule has 0 unspecified atom stereocenters. The van der Waals surface area contributed by atoms with Gasteiger partial charge in [-0.3, -0.25) is 0 Å². The SMILES string of the molecule is CCNCc1ccc(F)c(COC(C)(C)C)c1. The molecule has 0 spiro atoms. The Morgan fingerprint density at radius 1 is 1.29 bits per heavy atom. The van der Waals surface area contributed by atoms with Crippen LogP contribution in [0.4, 0.5) is 4.39 Å². The average Bonchev–Trinajstić information content (AvgIpc) is 2.25. The summed E-state index contributed by atoms with van der Waals surface area (Å²) in [6.07, 6.45) is 0. The van der Waals surface area contributed by atoms with Gasteiger partial charge in [0.25, 0.3) is 0 Å². The highest BCUT2D eigenvalue weighted by Gasteiger charge is 2.12. The van der Waals surface area contributed by atoms with Gasteiger partial charge in [0, 0.05) is 12.1 Å². The van der Waals surface area contributed by atoms with Crippen molar-refractivity contribution in [3.05, 3.63) is 35.1 Å². The molecular weight excluding hydrogens is 217 g/mol. The van der Waals surface area contributed by atoms with Crippen molar-refractivity contribution >= 4 is 0 Å². The highest BCUT2D eigenvalue weighted by Crippen LogP contribution is 2.16. The summed E-state index contributed by atoms with van der Waals surface area (Å²) in [7, 11) is 0. The minimum atomic E-state index is -0.246. The Labute approximate surface area is 103 Å². The highest BCUT2D eigenvalue weighted by molar-refractivity contribution is 5.24. The van der Waals surface area contributed by atoms with Crippen LogP contribution in [-0.4, -0.2) is 12.1 Å². The molecule has 0 aliphatic rings. The normalized spacial score (nSPS) is 11.8. The molecule has 0 saturated carbocycles. The first-order chi connectivity index (χ1) is 7.92. The minimum absolute atomic E-state index is 0.200. The van der Waals surface area contributed by atoms with E-state index in [1.165, 1.54) is 6.07 Å². The molecule has 0 aromatic heterocycles. The van der Waals surface area contributed by atoms with E-state index in [1.54, 1.807) is 6.07 Å². The lowest BCUT2D eigenvalue weighted by Crippen LogP contribution is -2.19. The van der Waals surface area contributed by atoms with Crippen molar-refractivity contribution in [2.24, 2.45) is 0 Å². The van der Waals surface area contributed by atoms with Crippen LogP contribution in [0, 0.1) is 5.82 Å². The van der Waals surface area contributed by atoms with E-state index in [0.29, 0.717) is 12.2 Å². The number of hydrogen-bond acceptors (Lipinski definition) is 2. The van der Waals surface area contributed by atoms with Crippen LogP contribution in [0.5, 0.6) is 0 Å². The van der Waals surface area contributed by atoms with Gasteiger partial charge in [0.1, 0.15) is 5.82 Å². The van der Waals surface area contributed by atoms with Gasteiger partial charge in [-0.1, -0.05) is 13.0 Å². The van der Waals surface area contributed by atoms with E-state index in [-0.39, 0.29) is 11.4 Å². The van der Waals surface area contributed by atoms with Crippen LogP contribution in [0.1, 0.15) is 38.8 Å². The lowest BCUT2D eigenvalue weighted by Gasteiger charge is -2.20. The fraction of sp³-hybridized carbons (Fsp3) is 0.571. The summed E-state index contributed by atoms with van der Waals surface area (Å²) >= 11 is 0. The van der Waals surface area contributed by atoms with Crippen molar-refractivity contribution < 1.29 is 9.13 Å². The lowest BCUT2D eigenvalue weighted by molar-refractivity contribution is -0.0161. The largest absolute Gasteiger partial charge is 0.371 e. The Morgan fingerprint density at radius 3 is 2.59 bits per heavy atom. The molecule has 1 rings (SSSR count). The molecule has 17 heavy (non-hydrogen) atoms. The summed E-state index contributed by atoms with van der Waals surface area (Å²) in [5, 5.41) is 3.22. The van der Waals surface area contributed by atoms with E-state index in [0.717, 1.165) is 18.7 Å². The molecule has 2 nitrogen and oxygen atoms in total. The fourth-order valence-corrected chi connectivity index (χ4v) is 1.41. The number of nitrogens with one attached hydrogen (secondary N) is 1. The topological polar surface area (TPSA) is 21.3 Å². The van der Waals surface area contributed by atoms with Crippen LogP contribution >= 0.6 is 0 Å². The van der Waals surface area contributed by atoms with Gasteiger partial charge in [0.05, 0.1) is 12.2 Å². The van der Waals surface area contributed by atoms with Crippen LogP contribution in [-0.2, 0) is 17.9 Å². The summed E-state index contributed by atoms with van der Waals surface area (Å²) in [5.41, 5.74) is 1.46. The number of benzene rings is 1. The molecule has 0 saturated heterocycles. The Hall–Kier alpha value is -0.930. The van der Waals surface area contributed by atoms with Crippen LogP contribution < -0.4 is 5.32 Å². The second-order valence-electron chi connectivity index (χ2n) is 5.11. The molecule has 96 valence electrons. The summed E-state index contributed by atoms with van der Waals surface area (Å²) in [5.74, 6) is -0.200. The maximum atomic E-state index is 13.6. The van der Waals surface area contributed by atoms with E-state index in [4.69, 9.17) is 4.74 Å². The quantitative estimate of drug-likeness (QED) is 0.851. The van der Waals surface area contributed by atoms with Gasteiger partial charge >= 0.3 is 0 Å². The van der Waals surface area contributed by atoms with Crippen LogP contribution in [0.15, 0.2) is 18.2 Å². The van der Waals surface area contributed by atoms with Crippen LogP contribution in [0.2, 0.25) is 0 Å². The molecule has 1 aromatic carbocycles. The number of ether oxygens (including phenoxy) is 1.